The summed E-state index contributed by atoms with van der Waals surface area (Å²) in [5.74, 6) is -9.70. The molecule has 3 N–H and O–H groups in total. The van der Waals surface area contributed by atoms with Crippen molar-refractivity contribution in [3.63, 3.8) is 0 Å². The number of fused-ring (bicyclic) bond motifs is 4. The van der Waals surface area contributed by atoms with Crippen molar-refractivity contribution in [2.24, 2.45) is 29.1 Å². The number of phenolic OH excluding ortho intramolecular Hbond substituents is 1. The van der Waals surface area contributed by atoms with E-state index in [1.54, 1.807) is 6.92 Å². The fourth-order valence-electron chi connectivity index (χ4n) is 8.44. The first-order chi connectivity index (χ1) is 23.7. The van der Waals surface area contributed by atoms with Crippen molar-refractivity contribution in [3.05, 3.63) is 82.1 Å². The molecule has 4 amide bonds. The first-order valence-electron chi connectivity index (χ1n) is 15.7. The van der Waals surface area contributed by atoms with Crippen molar-refractivity contribution < 1.29 is 53.2 Å². The Morgan fingerprint density at radius 1 is 0.900 bits per heavy atom. The zero-order valence-electron chi connectivity index (χ0n) is 26.8. The van der Waals surface area contributed by atoms with E-state index in [2.05, 4.69) is 0 Å². The number of carboxylic acid groups (broad SMARTS) is 1. The molecule has 0 aromatic heterocycles. The van der Waals surface area contributed by atoms with Crippen LogP contribution >= 0.6 is 11.6 Å². The summed E-state index contributed by atoms with van der Waals surface area (Å²) in [5.41, 5.74) is -0.730. The van der Waals surface area contributed by atoms with Crippen LogP contribution in [0, 0.1) is 34.9 Å². The van der Waals surface area contributed by atoms with Gasteiger partial charge in [0.25, 0.3) is 0 Å². The number of aromatic carboxylic acids is 1. The third-order valence-electron chi connectivity index (χ3n) is 10.7. The van der Waals surface area contributed by atoms with Crippen LogP contribution in [0.15, 0.2) is 60.2 Å². The number of methoxy groups -OCH3 is 2. The predicted octanol–water partition coefficient (Wildman–Crippen LogP) is 5.04. The second kappa shape index (κ2) is 11.6. The Morgan fingerprint density at radius 2 is 1.54 bits per heavy atom. The third kappa shape index (κ3) is 4.52. The maximum atomic E-state index is 14.6. The molecule has 0 bridgehead atoms. The molecular formula is C36H30ClFN2O10. The molecule has 50 heavy (non-hydrogen) atoms. The van der Waals surface area contributed by atoms with Gasteiger partial charge in [-0.05, 0) is 73.7 Å². The SMILES string of the molecule is COc1cc([C@H]2C3=CC[C@@H]4C(=O)N(c5ccc(C(=O)O)c(O)c5)C(=O)[C@@H]4[C@@H]3C[C@H]3C(=O)N(c4ccc(F)c(Cl)c4)C(=O)[C@@]23C)cc(OC)c1O. The van der Waals surface area contributed by atoms with E-state index in [0.29, 0.717) is 11.1 Å². The Hall–Kier alpha value is -5.43. The van der Waals surface area contributed by atoms with Crippen LogP contribution in [0.4, 0.5) is 15.8 Å². The largest absolute Gasteiger partial charge is 0.507 e. The molecule has 2 aliphatic carbocycles. The van der Waals surface area contributed by atoms with Crippen LogP contribution in [0.2, 0.25) is 5.02 Å². The molecule has 0 unspecified atom stereocenters. The Balaban J connectivity index is 1.38. The average Bonchev–Trinajstić information content (AvgIpc) is 3.45. The van der Waals surface area contributed by atoms with Gasteiger partial charge in [-0.25, -0.2) is 19.0 Å². The number of imide groups is 2. The second-order valence-corrected chi connectivity index (χ2v) is 13.5. The number of ether oxygens (including phenoxy) is 2. The smallest absolute Gasteiger partial charge is 0.339 e. The van der Waals surface area contributed by atoms with Crippen molar-refractivity contribution in [1.82, 2.24) is 0 Å². The number of amides is 4. The quantitative estimate of drug-likeness (QED) is 0.233. The monoisotopic (exact) mass is 704 g/mol. The van der Waals surface area contributed by atoms with Crippen molar-refractivity contribution in [2.45, 2.75) is 25.7 Å². The first kappa shape index (κ1) is 33.1. The lowest BCUT2D eigenvalue weighted by Gasteiger charge is -2.49. The van der Waals surface area contributed by atoms with Gasteiger partial charge in [-0.2, -0.15) is 0 Å². The van der Waals surface area contributed by atoms with Crippen LogP contribution in [-0.2, 0) is 19.2 Å². The van der Waals surface area contributed by atoms with Crippen LogP contribution in [0.25, 0.3) is 0 Å². The average molecular weight is 705 g/mol. The lowest BCUT2D eigenvalue weighted by Crippen LogP contribution is -2.48. The highest BCUT2D eigenvalue weighted by Gasteiger charge is 2.67. The van der Waals surface area contributed by atoms with Gasteiger partial charge >= 0.3 is 5.97 Å². The number of allylic oxidation sites excluding steroid dienone is 2. The lowest BCUT2D eigenvalue weighted by atomic mass is 9.51. The van der Waals surface area contributed by atoms with Gasteiger partial charge < -0.3 is 24.8 Å². The highest BCUT2D eigenvalue weighted by molar-refractivity contribution is 6.32. The summed E-state index contributed by atoms with van der Waals surface area (Å²) in [6.07, 6.45) is 1.94. The number of hydrogen-bond donors (Lipinski definition) is 3. The third-order valence-corrected chi connectivity index (χ3v) is 11.0. The Labute approximate surface area is 289 Å². The number of carbonyl (C=O) groups excluding carboxylic acids is 4. The van der Waals surface area contributed by atoms with Crippen LogP contribution < -0.4 is 19.3 Å². The normalized spacial score (nSPS) is 27.1. The molecule has 12 nitrogen and oxygen atoms in total. The zero-order chi connectivity index (χ0) is 36.0. The summed E-state index contributed by atoms with van der Waals surface area (Å²) in [6, 6.07) is 10.0. The molecule has 2 saturated heterocycles. The van der Waals surface area contributed by atoms with Crippen LogP contribution in [0.5, 0.6) is 23.0 Å². The Kier molecular flexibility index (Phi) is 7.66. The van der Waals surface area contributed by atoms with Gasteiger partial charge in [0.1, 0.15) is 17.1 Å². The van der Waals surface area contributed by atoms with Crippen molar-refractivity contribution in [2.75, 3.05) is 24.0 Å². The van der Waals surface area contributed by atoms with Gasteiger partial charge in [0, 0.05) is 12.0 Å². The van der Waals surface area contributed by atoms with E-state index >= 15 is 0 Å². The number of carboxylic acids is 1. The Bertz CT molecular complexity index is 2060. The molecule has 2 heterocycles. The van der Waals surface area contributed by atoms with E-state index in [4.69, 9.17) is 21.1 Å². The summed E-state index contributed by atoms with van der Waals surface area (Å²) >= 11 is 6.07. The number of rotatable bonds is 6. The highest BCUT2D eigenvalue weighted by atomic mass is 35.5. The van der Waals surface area contributed by atoms with Gasteiger partial charge in [0.05, 0.1) is 53.8 Å². The summed E-state index contributed by atoms with van der Waals surface area (Å²) in [7, 11) is 2.69. The van der Waals surface area contributed by atoms with Crippen molar-refractivity contribution in [3.8, 4) is 23.0 Å². The minimum absolute atomic E-state index is 0.00450. The second-order valence-electron chi connectivity index (χ2n) is 13.1. The molecule has 258 valence electrons. The van der Waals surface area contributed by atoms with E-state index in [1.165, 1.54) is 44.6 Å². The minimum Gasteiger partial charge on any atom is -0.507 e. The molecule has 1 saturated carbocycles. The number of hydrogen-bond acceptors (Lipinski definition) is 9. The van der Waals surface area contributed by atoms with Crippen LogP contribution in [-0.4, -0.2) is 59.1 Å². The van der Waals surface area contributed by atoms with Gasteiger partial charge in [-0.3, -0.25) is 19.2 Å². The summed E-state index contributed by atoms with van der Waals surface area (Å²) in [5, 5.41) is 30.2. The van der Waals surface area contributed by atoms with E-state index in [0.717, 1.165) is 28.0 Å². The molecule has 2 aliphatic heterocycles. The van der Waals surface area contributed by atoms with Gasteiger partial charge in [0.2, 0.25) is 29.4 Å². The maximum Gasteiger partial charge on any atom is 0.339 e. The number of carbonyl (C=O) groups is 5. The van der Waals surface area contributed by atoms with E-state index in [-0.39, 0.29) is 46.5 Å². The van der Waals surface area contributed by atoms with Crippen LogP contribution in [0.3, 0.4) is 0 Å². The first-order valence-corrected chi connectivity index (χ1v) is 16.0. The predicted molar refractivity (Wildman–Crippen MR) is 175 cm³/mol. The van der Waals surface area contributed by atoms with E-state index < -0.39 is 81.7 Å². The molecule has 3 aromatic carbocycles. The fourth-order valence-corrected chi connectivity index (χ4v) is 8.62. The fraction of sp³-hybridized carbons (Fsp3) is 0.306. The Morgan fingerprint density at radius 3 is 2.14 bits per heavy atom. The molecule has 14 heteroatoms. The van der Waals surface area contributed by atoms with Gasteiger partial charge in [0.15, 0.2) is 11.5 Å². The highest BCUT2D eigenvalue weighted by Crippen LogP contribution is 2.64. The molecule has 7 rings (SSSR count). The molecule has 3 fully saturated rings. The molecule has 0 radical (unpaired) electrons. The number of aromatic hydroxyl groups is 2. The topological polar surface area (TPSA) is 171 Å². The van der Waals surface area contributed by atoms with E-state index in [9.17, 15) is 43.7 Å². The number of anilines is 2. The number of phenols is 2. The molecule has 3 aromatic rings. The molecule has 4 aliphatic rings. The molecule has 0 spiro atoms. The minimum atomic E-state index is -1.47. The molecular weight excluding hydrogens is 675 g/mol. The van der Waals surface area contributed by atoms with Gasteiger partial charge in [-0.15, -0.1) is 0 Å². The maximum absolute atomic E-state index is 14.6. The summed E-state index contributed by atoms with van der Waals surface area (Å²) in [4.78, 5) is 70.5. The van der Waals surface area contributed by atoms with Crippen LogP contribution in [0.1, 0.15) is 41.6 Å². The van der Waals surface area contributed by atoms with E-state index in [1.807, 2.05) is 6.08 Å². The standard InChI is InChI=1S/C36H30ClFN2O10/c1-36-22(32(44)40(35(36)48)16-5-9-24(38)23(37)12-16)14-21-18(29(36)15-10-26(49-2)30(42)27(11-15)50-3)7-8-20-28(21)33(45)39(31(20)43)17-4-6-19(34(46)47)25(41)13-17/h4-7,9-13,20-22,28-29,41-42H,8,14H2,1-3H3,(H,46,47)/t20-,21+,22-,28-,29-,36+/m0/s1. The summed E-state index contributed by atoms with van der Waals surface area (Å²) in [6.45, 7) is 1.66. The van der Waals surface area contributed by atoms with Crippen molar-refractivity contribution >= 4 is 52.6 Å². The number of nitrogens with zero attached hydrogens (tertiary/aromatic N) is 2. The number of benzene rings is 3. The van der Waals surface area contributed by atoms with Crippen molar-refractivity contribution in [1.29, 1.82) is 0 Å². The van der Waals surface area contributed by atoms with Gasteiger partial charge in [-0.1, -0.05) is 23.3 Å². The number of halogens is 2. The lowest BCUT2D eigenvalue weighted by molar-refractivity contribution is -0.131. The molecule has 6 atom stereocenters. The summed E-state index contributed by atoms with van der Waals surface area (Å²) < 4.78 is 25.0. The zero-order valence-corrected chi connectivity index (χ0v) is 27.6.